The molecule has 19 heavy (non-hydrogen) atoms. The van der Waals surface area contributed by atoms with E-state index in [0.29, 0.717) is 6.42 Å². The fourth-order valence-electron chi connectivity index (χ4n) is 1.86. The molecule has 0 aromatic heterocycles. The molecule has 0 aliphatic carbocycles. The van der Waals surface area contributed by atoms with Gasteiger partial charge in [0.05, 0.1) is 7.11 Å². The van der Waals surface area contributed by atoms with Crippen LogP contribution in [-0.4, -0.2) is 25.0 Å². The molecular weight excluding hydrogens is 242 g/mol. The van der Waals surface area contributed by atoms with E-state index in [4.69, 9.17) is 4.74 Å². The maximum Gasteiger partial charge on any atom is 0.328 e. The summed E-state index contributed by atoms with van der Waals surface area (Å²) in [6.45, 7) is 5.82. The molecule has 0 heterocycles. The standard InChI is InChI=1S/C15H29NO3/c1-5-6-7-8-9-10-11-13(15(18)19-4)16-14(17)12(2)3/h12-13H,5-11H2,1-4H3,(H,16,17)/t13-/m0/s1. The first kappa shape index (κ1) is 17.9. The zero-order chi connectivity index (χ0) is 14.7. The average molecular weight is 271 g/mol. The number of carbonyl (C=O) groups is 2. The van der Waals surface area contributed by atoms with Crippen LogP contribution in [0, 0.1) is 5.92 Å². The van der Waals surface area contributed by atoms with Crippen molar-refractivity contribution in [1.29, 1.82) is 0 Å². The molecule has 0 unspecified atom stereocenters. The maximum absolute atomic E-state index is 11.6. The van der Waals surface area contributed by atoms with Gasteiger partial charge in [-0.3, -0.25) is 4.79 Å². The summed E-state index contributed by atoms with van der Waals surface area (Å²) in [5.74, 6) is -0.555. The summed E-state index contributed by atoms with van der Waals surface area (Å²) in [6, 6.07) is -0.494. The second kappa shape index (κ2) is 10.8. The van der Waals surface area contributed by atoms with Crippen LogP contribution in [0.4, 0.5) is 0 Å². The molecule has 112 valence electrons. The van der Waals surface area contributed by atoms with Crippen LogP contribution in [0.2, 0.25) is 0 Å². The Bertz CT molecular complexity index is 264. The monoisotopic (exact) mass is 271 g/mol. The van der Waals surface area contributed by atoms with Crippen molar-refractivity contribution in [3.8, 4) is 0 Å². The van der Waals surface area contributed by atoms with Crippen LogP contribution in [0.5, 0.6) is 0 Å². The number of nitrogens with one attached hydrogen (secondary N) is 1. The topological polar surface area (TPSA) is 55.4 Å². The molecule has 0 aliphatic rings. The molecule has 0 bridgehead atoms. The van der Waals surface area contributed by atoms with Gasteiger partial charge in [0.1, 0.15) is 6.04 Å². The second-order valence-electron chi connectivity index (χ2n) is 5.30. The third kappa shape index (κ3) is 8.62. The summed E-state index contributed by atoms with van der Waals surface area (Å²) in [5, 5.41) is 2.76. The van der Waals surface area contributed by atoms with E-state index in [1.54, 1.807) is 0 Å². The summed E-state index contributed by atoms with van der Waals surface area (Å²) in [7, 11) is 1.36. The van der Waals surface area contributed by atoms with E-state index >= 15 is 0 Å². The van der Waals surface area contributed by atoms with Crippen LogP contribution < -0.4 is 5.32 Å². The Morgan fingerprint density at radius 3 is 2.16 bits per heavy atom. The average Bonchev–Trinajstić information content (AvgIpc) is 2.39. The van der Waals surface area contributed by atoms with Gasteiger partial charge in [-0.05, 0) is 6.42 Å². The maximum atomic E-state index is 11.6. The highest BCUT2D eigenvalue weighted by Crippen LogP contribution is 2.10. The Balaban J connectivity index is 4.01. The third-order valence-corrected chi connectivity index (χ3v) is 3.17. The van der Waals surface area contributed by atoms with Gasteiger partial charge in [-0.25, -0.2) is 4.79 Å². The lowest BCUT2D eigenvalue weighted by molar-refractivity contribution is -0.145. The predicted molar refractivity (Wildman–Crippen MR) is 76.8 cm³/mol. The molecule has 1 atom stereocenters. The molecule has 1 N–H and O–H groups in total. The summed E-state index contributed by atoms with van der Waals surface area (Å²) in [5.41, 5.74) is 0. The molecule has 0 spiro atoms. The van der Waals surface area contributed by atoms with E-state index in [-0.39, 0.29) is 17.8 Å². The van der Waals surface area contributed by atoms with E-state index in [2.05, 4.69) is 12.2 Å². The van der Waals surface area contributed by atoms with Crippen molar-refractivity contribution in [2.24, 2.45) is 5.92 Å². The molecule has 0 radical (unpaired) electrons. The molecule has 1 amide bonds. The van der Waals surface area contributed by atoms with Gasteiger partial charge in [-0.2, -0.15) is 0 Å². The fourth-order valence-corrected chi connectivity index (χ4v) is 1.86. The minimum absolute atomic E-state index is 0.0959. The van der Waals surface area contributed by atoms with Gasteiger partial charge in [-0.15, -0.1) is 0 Å². The minimum atomic E-state index is -0.494. The summed E-state index contributed by atoms with van der Waals surface area (Å²) in [6.07, 6.45) is 7.65. The highest BCUT2D eigenvalue weighted by Gasteiger charge is 2.21. The number of rotatable bonds is 10. The van der Waals surface area contributed by atoms with Gasteiger partial charge in [-0.1, -0.05) is 59.3 Å². The van der Waals surface area contributed by atoms with Crippen molar-refractivity contribution in [2.45, 2.75) is 71.8 Å². The molecule has 0 aromatic carbocycles. The number of amides is 1. The summed E-state index contributed by atoms with van der Waals surface area (Å²) < 4.78 is 4.73. The van der Waals surface area contributed by atoms with Gasteiger partial charge >= 0.3 is 5.97 Å². The molecule has 4 nitrogen and oxygen atoms in total. The first-order chi connectivity index (χ1) is 9.02. The van der Waals surface area contributed by atoms with Gasteiger partial charge in [0, 0.05) is 5.92 Å². The smallest absolute Gasteiger partial charge is 0.328 e. The lowest BCUT2D eigenvalue weighted by Gasteiger charge is -2.17. The van der Waals surface area contributed by atoms with Crippen LogP contribution >= 0.6 is 0 Å². The molecule has 0 rings (SSSR count). The van der Waals surface area contributed by atoms with Crippen LogP contribution in [0.25, 0.3) is 0 Å². The zero-order valence-electron chi connectivity index (χ0n) is 12.8. The van der Waals surface area contributed by atoms with Gasteiger partial charge in [0.15, 0.2) is 0 Å². The van der Waals surface area contributed by atoms with Gasteiger partial charge in [0.25, 0.3) is 0 Å². The van der Waals surface area contributed by atoms with Crippen molar-refractivity contribution in [1.82, 2.24) is 5.32 Å². The van der Waals surface area contributed by atoms with Crippen LogP contribution in [-0.2, 0) is 14.3 Å². The molecular formula is C15H29NO3. The minimum Gasteiger partial charge on any atom is -0.467 e. The SMILES string of the molecule is CCCCCCCC[C@H](NC(=O)C(C)C)C(=O)OC. The number of esters is 1. The van der Waals surface area contributed by atoms with Gasteiger partial charge in [0.2, 0.25) is 5.91 Å². The van der Waals surface area contributed by atoms with E-state index in [1.807, 2.05) is 13.8 Å². The van der Waals surface area contributed by atoms with Crippen molar-refractivity contribution < 1.29 is 14.3 Å². The summed E-state index contributed by atoms with van der Waals surface area (Å²) in [4.78, 5) is 23.2. The highest BCUT2D eigenvalue weighted by atomic mass is 16.5. The number of carbonyl (C=O) groups excluding carboxylic acids is 2. The Morgan fingerprint density at radius 1 is 1.05 bits per heavy atom. The van der Waals surface area contributed by atoms with Gasteiger partial charge < -0.3 is 10.1 Å². The Hall–Kier alpha value is -1.06. The number of unbranched alkanes of at least 4 members (excludes halogenated alkanes) is 5. The molecule has 0 aliphatic heterocycles. The zero-order valence-corrected chi connectivity index (χ0v) is 12.8. The van der Waals surface area contributed by atoms with Crippen LogP contribution in [0.1, 0.15) is 65.7 Å². The number of methoxy groups -OCH3 is 1. The van der Waals surface area contributed by atoms with Crippen LogP contribution in [0.15, 0.2) is 0 Å². The molecule has 0 aromatic rings. The summed E-state index contributed by atoms with van der Waals surface area (Å²) >= 11 is 0. The lowest BCUT2D eigenvalue weighted by atomic mass is 10.0. The van der Waals surface area contributed by atoms with E-state index in [1.165, 1.54) is 32.8 Å². The quantitative estimate of drug-likeness (QED) is 0.491. The largest absolute Gasteiger partial charge is 0.467 e. The molecule has 0 saturated heterocycles. The fraction of sp³-hybridized carbons (Fsp3) is 0.867. The lowest BCUT2D eigenvalue weighted by Crippen LogP contribution is -2.43. The number of ether oxygens (including phenoxy) is 1. The number of hydrogen-bond donors (Lipinski definition) is 1. The van der Waals surface area contributed by atoms with Crippen molar-refractivity contribution in [3.63, 3.8) is 0 Å². The molecule has 4 heteroatoms. The third-order valence-electron chi connectivity index (χ3n) is 3.17. The first-order valence-corrected chi connectivity index (χ1v) is 7.41. The number of hydrogen-bond acceptors (Lipinski definition) is 3. The Kier molecular flexibility index (Phi) is 10.2. The van der Waals surface area contributed by atoms with Crippen molar-refractivity contribution >= 4 is 11.9 Å². The van der Waals surface area contributed by atoms with Crippen molar-refractivity contribution in [2.75, 3.05) is 7.11 Å². The molecule has 0 saturated carbocycles. The normalized spacial score (nSPS) is 12.3. The van der Waals surface area contributed by atoms with E-state index < -0.39 is 6.04 Å². The highest BCUT2D eigenvalue weighted by molar-refractivity contribution is 5.85. The van der Waals surface area contributed by atoms with E-state index in [9.17, 15) is 9.59 Å². The first-order valence-electron chi connectivity index (χ1n) is 7.41. The van der Waals surface area contributed by atoms with Crippen LogP contribution in [0.3, 0.4) is 0 Å². The molecule has 0 fully saturated rings. The van der Waals surface area contributed by atoms with E-state index in [0.717, 1.165) is 12.8 Å². The predicted octanol–water partition coefficient (Wildman–Crippen LogP) is 3.05. The second-order valence-corrected chi connectivity index (χ2v) is 5.30. The van der Waals surface area contributed by atoms with Crippen molar-refractivity contribution in [3.05, 3.63) is 0 Å². The Labute approximate surface area is 117 Å². The Morgan fingerprint density at radius 2 is 1.63 bits per heavy atom.